The van der Waals surface area contributed by atoms with Crippen LogP contribution in [0.4, 0.5) is 11.6 Å². The lowest BCUT2D eigenvalue weighted by atomic mass is 10.1. The van der Waals surface area contributed by atoms with Gasteiger partial charge in [-0.2, -0.15) is 10.2 Å². The number of aromatic nitrogens is 16. The number of ether oxygens (including phenoxy) is 4. The molecule has 0 aromatic carbocycles. The van der Waals surface area contributed by atoms with Crippen molar-refractivity contribution < 1.29 is 94.8 Å². The van der Waals surface area contributed by atoms with Crippen LogP contribution < -0.4 is 22.6 Å². The van der Waals surface area contributed by atoms with Gasteiger partial charge in [0.15, 0.2) is 58.5 Å². The van der Waals surface area contributed by atoms with Gasteiger partial charge in [0, 0.05) is 0 Å². The third-order valence-corrected chi connectivity index (χ3v) is 21.1. The summed E-state index contributed by atoms with van der Waals surface area (Å²) in [5.74, 6) is 0.856. The van der Waals surface area contributed by atoms with E-state index in [-0.39, 0.29) is 56.9 Å². The summed E-state index contributed by atoms with van der Waals surface area (Å²) >= 11 is 19.8. The van der Waals surface area contributed by atoms with E-state index in [9.17, 15) is 49.3 Å². The number of aliphatic hydroxyl groups is 4. The lowest BCUT2D eigenvalue weighted by Crippen LogP contribution is -2.36. The average molecular weight is 1410 g/mol. The molecule has 0 spiro atoms. The number of nitrogens with zero attached hydrogens (tertiary/aromatic N) is 14. The van der Waals surface area contributed by atoms with Gasteiger partial charge in [-0.05, 0) is 49.3 Å². The van der Waals surface area contributed by atoms with Crippen LogP contribution in [0, 0.1) is 13.8 Å². The second kappa shape index (κ2) is 24.2. The number of hydrogen-bond donors (Lipinski definition) is 12. The van der Waals surface area contributed by atoms with E-state index in [0.29, 0.717) is 10.8 Å². The van der Waals surface area contributed by atoms with Crippen molar-refractivity contribution in [3.63, 3.8) is 0 Å². The summed E-state index contributed by atoms with van der Waals surface area (Å²) in [6, 6.07) is 0. The quantitative estimate of drug-likeness (QED) is 0.0673. The molecule has 484 valence electrons. The Labute approximate surface area is 521 Å². The zero-order valence-electron chi connectivity index (χ0n) is 45.7. The largest absolute Gasteiger partial charge is 0.387 e. The highest BCUT2D eigenvalue weighted by Crippen LogP contribution is 2.59. The minimum Gasteiger partial charge on any atom is -0.387 e. The zero-order chi connectivity index (χ0) is 63.7. The van der Waals surface area contributed by atoms with Gasteiger partial charge in [-0.15, -0.1) is 0 Å². The number of nitrogens with two attached hydrogens (primary N) is 2. The van der Waals surface area contributed by atoms with Gasteiger partial charge in [-0.25, -0.2) is 53.8 Å². The van der Waals surface area contributed by atoms with Crippen molar-refractivity contribution >= 4 is 131 Å². The number of thiol groups is 1. The monoisotopic (exact) mass is 1410 g/mol. The third kappa shape index (κ3) is 12.1. The molecule has 0 aliphatic carbocycles. The fourth-order valence-electron chi connectivity index (χ4n) is 10.7. The highest BCUT2D eigenvalue weighted by molar-refractivity contribution is 8.44. The van der Waals surface area contributed by atoms with Gasteiger partial charge in [0.2, 0.25) is 0 Å². The van der Waals surface area contributed by atoms with Crippen molar-refractivity contribution in [1.29, 1.82) is 0 Å². The van der Waals surface area contributed by atoms with E-state index in [1.807, 2.05) is 0 Å². The summed E-state index contributed by atoms with van der Waals surface area (Å²) in [7, 11) is 0. The molecule has 6 saturated heterocycles. The topological polar surface area (TPSA) is 536 Å². The highest BCUT2D eigenvalue weighted by Gasteiger charge is 2.55. The number of aliphatic hydroxyl groups excluding tert-OH is 4. The molecule has 6 aliphatic heterocycles. The van der Waals surface area contributed by atoms with Gasteiger partial charge >= 0.3 is 27.0 Å². The summed E-state index contributed by atoms with van der Waals surface area (Å²) < 4.78 is 87.7. The third-order valence-electron chi connectivity index (χ3n) is 14.8. The molecule has 8 aromatic rings. The predicted octanol–water partition coefficient (Wildman–Crippen LogP) is -1.94. The van der Waals surface area contributed by atoms with Crippen LogP contribution in [0.15, 0.2) is 47.3 Å². The van der Waals surface area contributed by atoms with E-state index in [1.165, 1.54) is 56.2 Å². The van der Waals surface area contributed by atoms with Gasteiger partial charge in [0.05, 0.1) is 62.2 Å². The standard InChI is InChI=1S/2C21H25N9O11P2S2/c2*1-7-27-18-11(19(33)28-7)25-6-29(18)21-15-12(31)9(38-21)3-36-42(34,44)40-14-10(4-37-43(35,45)41-15)39-20(13(14)32)30-17-8(2-26-30)16(22)23-5-24-17/h2*2,5-6,9-10,12-15,20-21,31-32H,3-4H2,1H3,(H,34,44)(H,35,45)(H2,22,23,24)(H,27,28,33)/t2*9-,10-,12?,13?,14+,15+,20-,21-,42?,43?/m11/s1. The molecule has 0 radical (unpaired) electrons. The lowest BCUT2D eigenvalue weighted by Gasteiger charge is -2.28. The smallest absolute Gasteiger partial charge is 0.386 e. The van der Waals surface area contributed by atoms with E-state index in [2.05, 4.69) is 72.3 Å². The SMILES string of the molecule is Cc1nc2c(ncn2[C@@H]2O[C@@H]3COP(O)(=S)O[C@@H]4C(O)[C@H](n5ncc6c(N)ncnc65)O[C@@H]4COP(=O)(S)O[C@H]2C3O)c(=O)[nH]1.Cc1nc2c(ncn2[C@@H]2O[C@@H]3COP(O)(=S)O[C@@H]4C(O)[C@H](n5ncc6c(N)ncnc65)O[C@@H]4COP(O)(=S)O[C@H]2C3O)c(=O)[nH]1. The molecule has 8 unspecified atom stereocenters. The number of nitrogen functional groups attached to an aromatic ring is 2. The first-order valence-corrected chi connectivity index (χ1v) is 36.8. The number of nitrogens with one attached hydrogen (secondary N) is 2. The first-order valence-electron chi connectivity index (χ1n) is 26.3. The summed E-state index contributed by atoms with van der Waals surface area (Å²) in [4.78, 5) is 96.0. The Morgan fingerprint density at radius 3 is 1.34 bits per heavy atom. The van der Waals surface area contributed by atoms with Crippen molar-refractivity contribution in [3.05, 3.63) is 70.1 Å². The Morgan fingerprint density at radius 2 is 0.911 bits per heavy atom. The first-order chi connectivity index (χ1) is 42.6. The van der Waals surface area contributed by atoms with Gasteiger partial charge in [0.1, 0.15) is 109 Å². The number of H-pyrrole nitrogens is 2. The van der Waals surface area contributed by atoms with E-state index in [0.717, 1.165) is 0 Å². The summed E-state index contributed by atoms with van der Waals surface area (Å²) in [5.41, 5.74) is 11.4. The van der Waals surface area contributed by atoms with E-state index >= 15 is 0 Å². The molecule has 14 rings (SSSR count). The molecule has 90 heavy (non-hydrogen) atoms. The molecule has 20 atom stereocenters. The summed E-state index contributed by atoms with van der Waals surface area (Å²) in [6.07, 6.45) is -13.9. The van der Waals surface area contributed by atoms with Crippen molar-refractivity contribution in [2.45, 2.75) is 112 Å². The minimum absolute atomic E-state index is 0.0119. The van der Waals surface area contributed by atoms with E-state index in [4.69, 9.17) is 102 Å². The van der Waals surface area contributed by atoms with Crippen LogP contribution in [-0.2, 0) is 95.1 Å². The van der Waals surface area contributed by atoms with Crippen LogP contribution in [0.3, 0.4) is 0 Å². The van der Waals surface area contributed by atoms with Crippen molar-refractivity contribution in [2.24, 2.45) is 0 Å². The average Bonchev–Trinajstić information content (AvgIpc) is 1.81. The Hall–Kier alpha value is -4.83. The highest BCUT2D eigenvalue weighted by atomic mass is 32.7. The predicted molar refractivity (Wildman–Crippen MR) is 314 cm³/mol. The van der Waals surface area contributed by atoms with Gasteiger partial charge in [-0.1, -0.05) is 12.2 Å². The Kier molecular flexibility index (Phi) is 17.2. The van der Waals surface area contributed by atoms with Crippen molar-refractivity contribution in [3.8, 4) is 0 Å². The molecule has 40 nitrogen and oxygen atoms in total. The maximum atomic E-state index is 13.6. The number of fused-ring (bicyclic) bond motifs is 10. The van der Waals surface area contributed by atoms with Crippen LogP contribution >= 0.6 is 39.2 Å². The second-order valence-electron chi connectivity index (χ2n) is 20.7. The minimum atomic E-state index is -4.35. The Bertz CT molecular complexity index is 4160. The van der Waals surface area contributed by atoms with Crippen molar-refractivity contribution in [1.82, 2.24) is 78.5 Å². The normalized spacial score (nSPS) is 37.7. The van der Waals surface area contributed by atoms with E-state index < -0.39 is 163 Å². The molecule has 13 N–H and O–H groups in total. The maximum Gasteiger partial charge on any atom is 0.386 e. The Morgan fingerprint density at radius 1 is 0.533 bits per heavy atom. The van der Waals surface area contributed by atoms with Crippen LogP contribution in [-0.4, -0.2) is 213 Å². The number of rotatable bonds is 4. The fourth-order valence-corrected chi connectivity index (χ4v) is 16.5. The fraction of sp³-hybridized carbons (Fsp3) is 0.524. The van der Waals surface area contributed by atoms with Gasteiger partial charge in [0.25, 0.3) is 11.1 Å². The number of imidazole rings is 2. The summed E-state index contributed by atoms with van der Waals surface area (Å²) in [5, 5.41) is 54.1. The molecule has 6 aliphatic rings. The molecule has 0 amide bonds. The van der Waals surface area contributed by atoms with Crippen LogP contribution in [0.5, 0.6) is 0 Å². The Balaban J connectivity index is 0.000000165. The van der Waals surface area contributed by atoms with Crippen LogP contribution in [0.1, 0.15) is 36.6 Å². The number of anilines is 2. The van der Waals surface area contributed by atoms with Gasteiger partial charge < -0.3 is 89.1 Å². The second-order valence-corrected chi connectivity index (χ2v) is 31.9. The molecular formula is C42H50N18O22P4S4. The lowest BCUT2D eigenvalue weighted by molar-refractivity contribution is -0.0629. The number of aromatic amines is 2. The molecule has 48 heteroatoms. The van der Waals surface area contributed by atoms with Crippen LogP contribution in [0.2, 0.25) is 0 Å². The zero-order valence-corrected chi connectivity index (χ0v) is 52.6. The molecular weight excluding hydrogens is 1360 g/mol. The first kappa shape index (κ1) is 63.9. The maximum absolute atomic E-state index is 13.6. The molecule has 14 heterocycles. The van der Waals surface area contributed by atoms with Crippen molar-refractivity contribution in [2.75, 3.05) is 37.9 Å². The molecule has 0 saturated carbocycles. The molecule has 4 bridgehead atoms. The van der Waals surface area contributed by atoms with Gasteiger partial charge in [-0.3, -0.25) is 41.3 Å². The van der Waals surface area contributed by atoms with E-state index in [1.54, 1.807) is 13.8 Å². The molecule has 6 fully saturated rings. The molecule has 8 aromatic heterocycles. The number of hydrogen-bond acceptors (Lipinski definition) is 34. The van der Waals surface area contributed by atoms with Crippen LogP contribution in [0.25, 0.3) is 44.4 Å². The number of aryl methyl sites for hydroxylation is 2. The summed E-state index contributed by atoms with van der Waals surface area (Å²) in [6.45, 7) is -15.9.